The number of halogens is 1. The Bertz CT molecular complexity index is 497. The Labute approximate surface area is 121 Å². The number of nitrogens with zero attached hydrogens (tertiary/aromatic N) is 1. The number of carboxylic acids is 1. The fraction of sp³-hybridized carbons (Fsp3) is 0.500. The van der Waals surface area contributed by atoms with E-state index in [1.807, 2.05) is 37.2 Å². The van der Waals surface area contributed by atoms with Gasteiger partial charge in [-0.05, 0) is 60.6 Å². The molecule has 2 rings (SSSR count). The summed E-state index contributed by atoms with van der Waals surface area (Å²) in [6.45, 7) is 0. The van der Waals surface area contributed by atoms with Crippen LogP contribution in [-0.2, 0) is 4.79 Å². The molecule has 0 spiro atoms. The first-order valence-electron chi connectivity index (χ1n) is 6.15. The van der Waals surface area contributed by atoms with Gasteiger partial charge in [0, 0.05) is 0 Å². The number of hydrogen-bond acceptors (Lipinski definition) is 3. The van der Waals surface area contributed by atoms with Gasteiger partial charge in [-0.25, -0.2) is 0 Å². The van der Waals surface area contributed by atoms with Crippen molar-refractivity contribution in [3.63, 3.8) is 0 Å². The molecule has 1 unspecified atom stereocenters. The molecule has 5 heteroatoms. The lowest BCUT2D eigenvalue weighted by atomic mass is 9.89. The van der Waals surface area contributed by atoms with Gasteiger partial charge < -0.3 is 14.7 Å². The van der Waals surface area contributed by atoms with E-state index in [0.29, 0.717) is 0 Å². The highest BCUT2D eigenvalue weighted by molar-refractivity contribution is 9.10. The van der Waals surface area contributed by atoms with E-state index in [2.05, 4.69) is 15.9 Å². The van der Waals surface area contributed by atoms with E-state index in [1.165, 1.54) is 0 Å². The van der Waals surface area contributed by atoms with Gasteiger partial charge in [0.05, 0.1) is 23.0 Å². The number of benzene rings is 1. The quantitative estimate of drug-likeness (QED) is 0.903. The zero-order valence-electron chi connectivity index (χ0n) is 11.3. The van der Waals surface area contributed by atoms with Crippen LogP contribution in [0.2, 0.25) is 0 Å². The lowest BCUT2D eigenvalue weighted by molar-refractivity contribution is -0.146. The summed E-state index contributed by atoms with van der Waals surface area (Å²) in [4.78, 5) is 13.5. The minimum atomic E-state index is -0.710. The van der Waals surface area contributed by atoms with E-state index >= 15 is 0 Å². The molecule has 0 saturated heterocycles. The summed E-state index contributed by atoms with van der Waals surface area (Å²) in [6.07, 6.45) is 1.46. The van der Waals surface area contributed by atoms with E-state index < -0.39 is 11.4 Å². The number of hydrogen-bond donors (Lipinski definition) is 1. The Morgan fingerprint density at radius 1 is 1.47 bits per heavy atom. The zero-order valence-corrected chi connectivity index (χ0v) is 12.9. The van der Waals surface area contributed by atoms with Gasteiger partial charge in [-0.3, -0.25) is 4.79 Å². The van der Waals surface area contributed by atoms with Crippen LogP contribution < -0.4 is 4.74 Å². The number of carboxylic acid groups (broad SMARTS) is 1. The first-order valence-corrected chi connectivity index (χ1v) is 6.95. The minimum Gasteiger partial charge on any atom is -0.496 e. The molecule has 1 saturated carbocycles. The molecule has 0 heterocycles. The van der Waals surface area contributed by atoms with Crippen molar-refractivity contribution in [1.29, 1.82) is 0 Å². The van der Waals surface area contributed by atoms with Gasteiger partial charge in [0.25, 0.3) is 0 Å². The molecule has 1 aliphatic carbocycles. The standard InChI is InChI=1S/C14H18BrNO3/c1-16(2)12(14(6-7-14)13(17)18)9-4-5-11(19-3)10(15)8-9/h4-5,8,12H,6-7H2,1-3H3,(H,17,18). The van der Waals surface area contributed by atoms with Crippen LogP contribution in [0.3, 0.4) is 0 Å². The van der Waals surface area contributed by atoms with Gasteiger partial charge in [-0.1, -0.05) is 6.07 Å². The predicted molar refractivity (Wildman–Crippen MR) is 76.4 cm³/mol. The highest BCUT2D eigenvalue weighted by atomic mass is 79.9. The van der Waals surface area contributed by atoms with Crippen molar-refractivity contribution in [2.45, 2.75) is 18.9 Å². The molecule has 1 fully saturated rings. The van der Waals surface area contributed by atoms with Crippen LogP contribution in [0, 0.1) is 5.41 Å². The number of aliphatic carboxylic acids is 1. The maximum absolute atomic E-state index is 11.5. The molecule has 0 amide bonds. The fourth-order valence-corrected chi connectivity index (χ4v) is 3.26. The summed E-state index contributed by atoms with van der Waals surface area (Å²) in [7, 11) is 5.46. The Hall–Kier alpha value is -1.07. The van der Waals surface area contributed by atoms with Crippen molar-refractivity contribution in [3.05, 3.63) is 28.2 Å². The Kier molecular flexibility index (Phi) is 3.87. The van der Waals surface area contributed by atoms with Crippen LogP contribution in [0.4, 0.5) is 0 Å². The van der Waals surface area contributed by atoms with Crippen molar-refractivity contribution in [2.75, 3.05) is 21.2 Å². The Morgan fingerprint density at radius 3 is 2.47 bits per heavy atom. The third kappa shape index (κ3) is 2.49. The maximum atomic E-state index is 11.5. The first-order chi connectivity index (χ1) is 8.92. The minimum absolute atomic E-state index is 0.118. The van der Waals surface area contributed by atoms with Crippen LogP contribution >= 0.6 is 15.9 Å². The number of methoxy groups -OCH3 is 1. The van der Waals surface area contributed by atoms with Crippen molar-refractivity contribution < 1.29 is 14.6 Å². The molecule has 19 heavy (non-hydrogen) atoms. The molecule has 1 atom stereocenters. The average Bonchev–Trinajstić information content (AvgIpc) is 3.10. The van der Waals surface area contributed by atoms with Crippen LogP contribution in [0.1, 0.15) is 24.4 Å². The largest absolute Gasteiger partial charge is 0.496 e. The highest BCUT2D eigenvalue weighted by Crippen LogP contribution is 2.57. The van der Waals surface area contributed by atoms with E-state index in [9.17, 15) is 9.90 Å². The molecule has 4 nitrogen and oxygen atoms in total. The SMILES string of the molecule is COc1ccc(C(N(C)C)C2(C(=O)O)CC2)cc1Br. The molecule has 1 N–H and O–H groups in total. The second-order valence-corrected chi connectivity index (χ2v) is 6.08. The van der Waals surface area contributed by atoms with Crippen LogP contribution in [0.25, 0.3) is 0 Å². The topological polar surface area (TPSA) is 49.8 Å². The summed E-state index contributed by atoms with van der Waals surface area (Å²) < 4.78 is 6.06. The molecule has 0 radical (unpaired) electrons. The van der Waals surface area contributed by atoms with E-state index in [0.717, 1.165) is 28.6 Å². The number of carbonyl (C=O) groups is 1. The predicted octanol–water partition coefficient (Wildman–Crippen LogP) is 2.93. The monoisotopic (exact) mass is 327 g/mol. The van der Waals surface area contributed by atoms with Gasteiger partial charge in [-0.2, -0.15) is 0 Å². The van der Waals surface area contributed by atoms with Gasteiger partial charge in [0.15, 0.2) is 0 Å². The summed E-state index contributed by atoms with van der Waals surface area (Å²) >= 11 is 3.46. The Morgan fingerprint density at radius 2 is 2.11 bits per heavy atom. The molecule has 0 aliphatic heterocycles. The summed E-state index contributed by atoms with van der Waals surface area (Å²) in [6, 6.07) is 5.64. The lowest BCUT2D eigenvalue weighted by Crippen LogP contribution is -2.33. The van der Waals surface area contributed by atoms with Crippen LogP contribution in [0.5, 0.6) is 5.75 Å². The fourth-order valence-electron chi connectivity index (χ4n) is 2.70. The second kappa shape index (κ2) is 5.13. The molecule has 1 aromatic rings. The van der Waals surface area contributed by atoms with E-state index in [4.69, 9.17) is 4.74 Å². The number of ether oxygens (including phenoxy) is 1. The lowest BCUT2D eigenvalue weighted by Gasteiger charge is -2.30. The van der Waals surface area contributed by atoms with Crippen LogP contribution in [0.15, 0.2) is 22.7 Å². The highest BCUT2D eigenvalue weighted by Gasteiger charge is 2.57. The maximum Gasteiger partial charge on any atom is 0.311 e. The van der Waals surface area contributed by atoms with Gasteiger partial charge in [0.1, 0.15) is 5.75 Å². The van der Waals surface area contributed by atoms with E-state index in [1.54, 1.807) is 7.11 Å². The van der Waals surface area contributed by atoms with E-state index in [-0.39, 0.29) is 6.04 Å². The molecule has 1 aliphatic rings. The normalized spacial score (nSPS) is 18.2. The summed E-state index contributed by atoms with van der Waals surface area (Å²) in [5, 5.41) is 9.49. The molecule has 0 bridgehead atoms. The smallest absolute Gasteiger partial charge is 0.311 e. The summed E-state index contributed by atoms with van der Waals surface area (Å²) in [5.41, 5.74) is 0.356. The average molecular weight is 328 g/mol. The molecule has 0 aromatic heterocycles. The third-order valence-electron chi connectivity index (χ3n) is 3.75. The van der Waals surface area contributed by atoms with Crippen molar-refractivity contribution in [1.82, 2.24) is 4.90 Å². The van der Waals surface area contributed by atoms with Crippen LogP contribution in [-0.4, -0.2) is 37.2 Å². The Balaban J connectivity index is 2.41. The molecular formula is C14H18BrNO3. The molecule has 1 aromatic carbocycles. The van der Waals surface area contributed by atoms with Crippen molar-refractivity contribution in [2.24, 2.45) is 5.41 Å². The summed E-state index contributed by atoms with van der Waals surface area (Å²) in [5.74, 6) is 0.0413. The molecule has 104 valence electrons. The molecular weight excluding hydrogens is 310 g/mol. The van der Waals surface area contributed by atoms with Crippen molar-refractivity contribution in [3.8, 4) is 5.75 Å². The zero-order chi connectivity index (χ0) is 14.2. The first kappa shape index (κ1) is 14.3. The number of rotatable bonds is 5. The second-order valence-electron chi connectivity index (χ2n) is 5.22. The van der Waals surface area contributed by atoms with Crippen molar-refractivity contribution >= 4 is 21.9 Å². The van der Waals surface area contributed by atoms with Gasteiger partial charge in [0.2, 0.25) is 0 Å². The van der Waals surface area contributed by atoms with Gasteiger partial charge in [-0.15, -0.1) is 0 Å². The third-order valence-corrected chi connectivity index (χ3v) is 4.37. The van der Waals surface area contributed by atoms with Gasteiger partial charge >= 0.3 is 5.97 Å².